The van der Waals surface area contributed by atoms with Crippen LogP contribution in [0.2, 0.25) is 5.02 Å². The average Bonchev–Trinajstić information content (AvgIpc) is 3.44. The highest BCUT2D eigenvalue weighted by Crippen LogP contribution is 2.30. The number of nitrogens with two attached hydrogens (primary N) is 1. The minimum Gasteiger partial charge on any atom is -0.364 e. The number of carbonyl (C=O) groups is 1. The molecule has 0 aliphatic rings. The molecule has 3 aromatic heterocycles. The number of amides is 1. The molecule has 160 valence electrons. The molecule has 2 N–H and O–H groups in total. The van der Waals surface area contributed by atoms with Gasteiger partial charge in [-0.25, -0.2) is 0 Å². The maximum absolute atomic E-state index is 11.7. The van der Waals surface area contributed by atoms with Crippen molar-refractivity contribution in [3.63, 3.8) is 0 Å². The molecule has 0 radical (unpaired) electrons. The van der Waals surface area contributed by atoms with Crippen LogP contribution in [0.1, 0.15) is 34.6 Å². The van der Waals surface area contributed by atoms with Crippen molar-refractivity contribution >= 4 is 17.5 Å². The van der Waals surface area contributed by atoms with Crippen LogP contribution in [0, 0.1) is 18.3 Å². The molecular formula is C23H20ClN7O. The molecule has 9 heteroatoms. The van der Waals surface area contributed by atoms with E-state index < -0.39 is 5.91 Å². The molecule has 0 bridgehead atoms. The number of primary amides is 1. The highest BCUT2D eigenvalue weighted by Gasteiger charge is 2.19. The van der Waals surface area contributed by atoms with Gasteiger partial charge in [0.25, 0.3) is 5.91 Å². The Morgan fingerprint density at radius 1 is 1.28 bits per heavy atom. The van der Waals surface area contributed by atoms with Gasteiger partial charge in [0.05, 0.1) is 34.6 Å². The number of hydrogen-bond acceptors (Lipinski definition) is 5. The zero-order valence-electron chi connectivity index (χ0n) is 17.5. The fourth-order valence-corrected chi connectivity index (χ4v) is 3.79. The molecule has 4 rings (SSSR count). The molecule has 0 aliphatic heterocycles. The second-order valence-electron chi connectivity index (χ2n) is 7.45. The number of carbonyl (C=O) groups excluding carboxylic acids is 1. The number of rotatable bonds is 6. The van der Waals surface area contributed by atoms with E-state index in [1.165, 1.54) is 0 Å². The van der Waals surface area contributed by atoms with E-state index in [4.69, 9.17) is 22.6 Å². The van der Waals surface area contributed by atoms with Crippen LogP contribution in [0.5, 0.6) is 0 Å². The van der Waals surface area contributed by atoms with E-state index in [0.717, 1.165) is 28.1 Å². The first-order valence-electron chi connectivity index (χ1n) is 9.91. The molecule has 32 heavy (non-hydrogen) atoms. The molecule has 8 nitrogen and oxygen atoms in total. The monoisotopic (exact) mass is 445 g/mol. The first-order chi connectivity index (χ1) is 15.4. The summed E-state index contributed by atoms with van der Waals surface area (Å²) in [5, 5.41) is 18.7. The summed E-state index contributed by atoms with van der Waals surface area (Å²) in [6.45, 7) is 4.37. The van der Waals surface area contributed by atoms with E-state index in [1.807, 2.05) is 49.0 Å². The fraction of sp³-hybridized carbons (Fsp3) is 0.174. The predicted octanol–water partition coefficient (Wildman–Crippen LogP) is 4.00. The van der Waals surface area contributed by atoms with Gasteiger partial charge in [-0.2, -0.15) is 15.5 Å². The van der Waals surface area contributed by atoms with E-state index in [0.29, 0.717) is 17.1 Å². The molecule has 4 aromatic rings. The lowest BCUT2D eigenvalue weighted by molar-refractivity contribution is 0.0994. The van der Waals surface area contributed by atoms with Crippen molar-refractivity contribution in [2.45, 2.75) is 26.4 Å². The van der Waals surface area contributed by atoms with Crippen molar-refractivity contribution < 1.29 is 4.79 Å². The van der Waals surface area contributed by atoms with Gasteiger partial charge >= 0.3 is 0 Å². The molecule has 1 aromatic carbocycles. The Balaban J connectivity index is 1.63. The van der Waals surface area contributed by atoms with Gasteiger partial charge < -0.3 is 5.73 Å². The van der Waals surface area contributed by atoms with Crippen molar-refractivity contribution in [1.29, 1.82) is 5.26 Å². The van der Waals surface area contributed by atoms with Crippen molar-refractivity contribution in [2.24, 2.45) is 5.73 Å². The molecule has 3 heterocycles. The van der Waals surface area contributed by atoms with Gasteiger partial charge in [0, 0.05) is 29.7 Å². The number of halogens is 1. The summed E-state index contributed by atoms with van der Waals surface area (Å²) in [5.41, 5.74) is 10.1. The Morgan fingerprint density at radius 2 is 2.09 bits per heavy atom. The van der Waals surface area contributed by atoms with Gasteiger partial charge in [0.2, 0.25) is 0 Å². The predicted molar refractivity (Wildman–Crippen MR) is 121 cm³/mol. The molecule has 0 aliphatic carbocycles. The van der Waals surface area contributed by atoms with Crippen LogP contribution in [0.25, 0.3) is 22.5 Å². The van der Waals surface area contributed by atoms with Gasteiger partial charge in [0.15, 0.2) is 5.69 Å². The topological polar surface area (TPSA) is 115 Å². The SMILES string of the molecule is Cc1c(-c2ccn(CC(C)n3nc(C(N)=O)cc3-c3cccnc3)n2)ccc(C#N)c1Cl. The van der Waals surface area contributed by atoms with Crippen molar-refractivity contribution in [1.82, 2.24) is 24.5 Å². The molecule has 0 saturated carbocycles. The molecule has 1 amide bonds. The van der Waals surface area contributed by atoms with E-state index >= 15 is 0 Å². The van der Waals surface area contributed by atoms with Crippen molar-refractivity contribution in [3.8, 4) is 28.6 Å². The van der Waals surface area contributed by atoms with Gasteiger partial charge in [-0.15, -0.1) is 0 Å². The minimum atomic E-state index is -0.587. The van der Waals surface area contributed by atoms with Gasteiger partial charge in [-0.1, -0.05) is 17.7 Å². The summed E-state index contributed by atoms with van der Waals surface area (Å²) in [6.07, 6.45) is 5.28. The number of pyridine rings is 1. The van der Waals surface area contributed by atoms with Crippen LogP contribution in [-0.4, -0.2) is 30.5 Å². The van der Waals surface area contributed by atoms with E-state index in [1.54, 1.807) is 29.2 Å². The quantitative estimate of drug-likeness (QED) is 0.481. The standard InChI is InChI=1S/C23H20ClN7O/c1-14(31-21(10-20(29-31)23(26)32)17-4-3-8-27-12-17)13-30-9-7-19(28-30)18-6-5-16(11-25)22(24)15(18)2/h3-10,12,14H,13H2,1-2H3,(H2,26,32). The molecule has 0 spiro atoms. The summed E-state index contributed by atoms with van der Waals surface area (Å²) in [5.74, 6) is -0.587. The molecular weight excluding hydrogens is 426 g/mol. The Kier molecular flexibility index (Phi) is 5.75. The van der Waals surface area contributed by atoms with Crippen LogP contribution in [-0.2, 0) is 6.54 Å². The van der Waals surface area contributed by atoms with Gasteiger partial charge in [0.1, 0.15) is 6.07 Å². The van der Waals surface area contributed by atoms with E-state index in [9.17, 15) is 4.79 Å². The Bertz CT molecular complexity index is 1330. The third-order valence-corrected chi connectivity index (χ3v) is 5.72. The number of hydrogen-bond donors (Lipinski definition) is 1. The van der Waals surface area contributed by atoms with Crippen LogP contribution >= 0.6 is 11.6 Å². The minimum absolute atomic E-state index is 0.128. The Hall–Kier alpha value is -3.96. The summed E-state index contributed by atoms with van der Waals surface area (Å²) >= 11 is 6.31. The van der Waals surface area contributed by atoms with E-state index in [2.05, 4.69) is 21.3 Å². The highest BCUT2D eigenvalue weighted by atomic mass is 35.5. The van der Waals surface area contributed by atoms with E-state index in [-0.39, 0.29) is 11.7 Å². The number of nitriles is 1. The van der Waals surface area contributed by atoms with Gasteiger partial charge in [-0.05, 0) is 49.7 Å². The number of benzene rings is 1. The third kappa shape index (κ3) is 3.98. The molecule has 1 atom stereocenters. The second kappa shape index (κ2) is 8.65. The maximum atomic E-state index is 11.7. The van der Waals surface area contributed by atoms with Crippen LogP contribution in [0.4, 0.5) is 0 Å². The molecule has 1 unspecified atom stereocenters. The maximum Gasteiger partial charge on any atom is 0.269 e. The van der Waals surface area contributed by atoms with Crippen molar-refractivity contribution in [3.05, 3.63) is 76.8 Å². The first kappa shape index (κ1) is 21.3. The van der Waals surface area contributed by atoms with Crippen LogP contribution in [0.15, 0.2) is 55.0 Å². The average molecular weight is 446 g/mol. The lowest BCUT2D eigenvalue weighted by atomic mass is 10.0. The summed E-state index contributed by atoms with van der Waals surface area (Å²) in [4.78, 5) is 15.9. The van der Waals surface area contributed by atoms with Crippen molar-refractivity contribution in [2.75, 3.05) is 0 Å². The zero-order chi connectivity index (χ0) is 22.8. The number of aromatic nitrogens is 5. The Labute approximate surface area is 189 Å². The lowest BCUT2D eigenvalue weighted by Crippen LogP contribution is -2.17. The zero-order valence-corrected chi connectivity index (χ0v) is 18.3. The molecule has 0 fully saturated rings. The van der Waals surface area contributed by atoms with Gasteiger partial charge in [-0.3, -0.25) is 19.1 Å². The lowest BCUT2D eigenvalue weighted by Gasteiger charge is -2.16. The summed E-state index contributed by atoms with van der Waals surface area (Å²) in [7, 11) is 0. The first-order valence-corrected chi connectivity index (χ1v) is 10.3. The smallest absolute Gasteiger partial charge is 0.269 e. The largest absolute Gasteiger partial charge is 0.364 e. The summed E-state index contributed by atoms with van der Waals surface area (Å²) < 4.78 is 3.58. The second-order valence-corrected chi connectivity index (χ2v) is 7.83. The Morgan fingerprint density at radius 3 is 2.78 bits per heavy atom. The van der Waals surface area contributed by atoms with Crippen LogP contribution < -0.4 is 5.73 Å². The third-order valence-electron chi connectivity index (χ3n) is 5.24. The normalized spacial score (nSPS) is 11.8. The van der Waals surface area contributed by atoms with Crippen LogP contribution in [0.3, 0.4) is 0 Å². The highest BCUT2D eigenvalue weighted by molar-refractivity contribution is 6.32. The fourth-order valence-electron chi connectivity index (χ4n) is 3.58. The number of nitrogens with zero attached hydrogens (tertiary/aromatic N) is 6. The molecule has 0 saturated heterocycles. The summed E-state index contributed by atoms with van der Waals surface area (Å²) in [6, 6.07) is 12.8.